The first kappa shape index (κ1) is 17.9. The molecule has 1 aliphatic rings. The first-order chi connectivity index (χ1) is 11.9. The monoisotopic (exact) mass is 386 g/mol. The van der Waals surface area contributed by atoms with E-state index in [1.807, 2.05) is 0 Å². The van der Waals surface area contributed by atoms with E-state index in [0.717, 1.165) is 12.1 Å². The molecule has 26 heavy (non-hydrogen) atoms. The lowest BCUT2D eigenvalue weighted by molar-refractivity contribution is -0.0500. The Hall–Kier alpha value is -2.88. The van der Waals surface area contributed by atoms with Crippen LogP contribution in [0.3, 0.4) is 0 Å². The lowest BCUT2D eigenvalue weighted by atomic mass is 9.81. The number of carbonyl (C=O) groups is 2. The van der Waals surface area contributed by atoms with Gasteiger partial charge >= 0.3 is 15.6 Å². The molecule has 10 heteroatoms. The van der Waals surface area contributed by atoms with Crippen molar-refractivity contribution in [3.63, 3.8) is 0 Å². The molecule has 2 aromatic rings. The summed E-state index contributed by atoms with van der Waals surface area (Å²) in [7, 11) is -5.93. The summed E-state index contributed by atoms with van der Waals surface area (Å²) in [5.41, 5.74) is -6.42. The third-order valence-corrected chi connectivity index (χ3v) is 4.76. The van der Waals surface area contributed by atoms with Crippen molar-refractivity contribution in [3.05, 3.63) is 58.1 Å². The molecule has 0 unspecified atom stereocenters. The van der Waals surface area contributed by atoms with E-state index in [1.54, 1.807) is 0 Å². The maximum absolute atomic E-state index is 12.6. The molecule has 0 radical (unpaired) electrons. The summed E-state index contributed by atoms with van der Waals surface area (Å²) < 4.78 is 63.8. The quantitative estimate of drug-likeness (QED) is 0.537. The maximum Gasteiger partial charge on any atom is 0.534 e. The van der Waals surface area contributed by atoms with E-state index in [0.29, 0.717) is 0 Å². The SMILES string of the molecule is Cc1cc(OS(=O)(=O)C(F)(F)F)cc2c1C(=O)c1c(O)cccc1C2=O. The second kappa shape index (κ2) is 5.56. The molecule has 1 N–H and O–H groups in total. The highest BCUT2D eigenvalue weighted by atomic mass is 32.2. The standard InChI is InChI=1S/C16H9F3O6S/c1-7-5-8(25-26(23,24)16(17,18)19)6-10-12(7)15(22)13-9(14(10)21)3-2-4-11(13)20/h2-6,20H,1H3. The number of carbonyl (C=O) groups excluding carboxylic acids is 2. The van der Waals surface area contributed by atoms with Gasteiger partial charge in [-0.25, -0.2) is 0 Å². The fourth-order valence-electron chi connectivity index (χ4n) is 2.69. The molecule has 0 atom stereocenters. The molecule has 6 nitrogen and oxygen atoms in total. The van der Waals surface area contributed by atoms with Gasteiger partial charge < -0.3 is 9.29 Å². The number of fused-ring (bicyclic) bond motifs is 2. The smallest absolute Gasteiger partial charge is 0.507 e. The minimum atomic E-state index is -5.93. The number of phenols is 1. The molecule has 136 valence electrons. The van der Waals surface area contributed by atoms with Crippen molar-refractivity contribution >= 4 is 21.7 Å². The lowest BCUT2D eigenvalue weighted by Gasteiger charge is -2.21. The first-order valence-electron chi connectivity index (χ1n) is 7.01. The minimum absolute atomic E-state index is 0.0297. The topological polar surface area (TPSA) is 97.7 Å². The maximum atomic E-state index is 12.6. The van der Waals surface area contributed by atoms with Gasteiger partial charge in [-0.3, -0.25) is 9.59 Å². The molecule has 3 rings (SSSR count). The second-order valence-electron chi connectivity index (χ2n) is 5.50. The summed E-state index contributed by atoms with van der Waals surface area (Å²) in [4.78, 5) is 25.2. The molecule has 2 aromatic carbocycles. The Bertz CT molecular complexity index is 1070. The number of phenolic OH excluding ortho intramolecular Hbond substituents is 1. The van der Waals surface area contributed by atoms with Gasteiger partial charge in [0.25, 0.3) is 0 Å². The Morgan fingerprint density at radius 1 is 1.00 bits per heavy atom. The van der Waals surface area contributed by atoms with Crippen LogP contribution in [0.2, 0.25) is 0 Å². The van der Waals surface area contributed by atoms with Crippen molar-refractivity contribution in [2.75, 3.05) is 0 Å². The largest absolute Gasteiger partial charge is 0.534 e. The van der Waals surface area contributed by atoms with E-state index in [1.165, 1.54) is 25.1 Å². The summed E-state index contributed by atoms with van der Waals surface area (Å²) in [6, 6.07) is 5.48. The summed E-state index contributed by atoms with van der Waals surface area (Å²) in [5, 5.41) is 9.86. The number of halogens is 3. The second-order valence-corrected chi connectivity index (χ2v) is 7.04. The van der Waals surface area contributed by atoms with E-state index in [4.69, 9.17) is 0 Å². The van der Waals surface area contributed by atoms with E-state index < -0.39 is 38.7 Å². The molecule has 0 aromatic heterocycles. The normalized spacial score (nSPS) is 14.0. The van der Waals surface area contributed by atoms with Crippen molar-refractivity contribution in [2.24, 2.45) is 0 Å². The van der Waals surface area contributed by atoms with Crippen LogP contribution >= 0.6 is 0 Å². The molecule has 0 saturated carbocycles. The van der Waals surface area contributed by atoms with Gasteiger partial charge in [0.15, 0.2) is 11.6 Å². The van der Waals surface area contributed by atoms with Crippen LogP contribution in [-0.4, -0.2) is 30.6 Å². The molecular formula is C16H9F3O6S. The van der Waals surface area contributed by atoms with Crippen LogP contribution < -0.4 is 4.18 Å². The van der Waals surface area contributed by atoms with Crippen molar-refractivity contribution < 1.29 is 40.5 Å². The van der Waals surface area contributed by atoms with Crippen LogP contribution in [0.15, 0.2) is 30.3 Å². The Kier molecular flexibility index (Phi) is 3.83. The summed E-state index contributed by atoms with van der Waals surface area (Å²) in [5.74, 6) is -2.60. The zero-order valence-corrected chi connectivity index (χ0v) is 13.7. The third-order valence-electron chi connectivity index (χ3n) is 3.78. The summed E-state index contributed by atoms with van der Waals surface area (Å²) >= 11 is 0. The fourth-order valence-corrected chi connectivity index (χ4v) is 3.14. The van der Waals surface area contributed by atoms with Gasteiger partial charge in [-0.15, -0.1) is 0 Å². The number of benzene rings is 2. The molecule has 0 amide bonds. The molecular weight excluding hydrogens is 377 g/mol. The van der Waals surface area contributed by atoms with Crippen LogP contribution in [0.25, 0.3) is 0 Å². The van der Waals surface area contributed by atoms with Crippen LogP contribution in [0.1, 0.15) is 37.4 Å². The minimum Gasteiger partial charge on any atom is -0.507 e. The fraction of sp³-hybridized carbons (Fsp3) is 0.125. The molecule has 0 aliphatic heterocycles. The third kappa shape index (κ3) is 2.62. The van der Waals surface area contributed by atoms with Gasteiger partial charge in [0, 0.05) is 16.7 Å². The highest BCUT2D eigenvalue weighted by molar-refractivity contribution is 7.88. The molecule has 0 heterocycles. The number of hydrogen-bond donors (Lipinski definition) is 1. The Morgan fingerprint density at radius 3 is 2.27 bits per heavy atom. The predicted octanol–water partition coefficient (Wildman–Crippen LogP) is 2.70. The van der Waals surface area contributed by atoms with Gasteiger partial charge in [0.05, 0.1) is 5.56 Å². The highest BCUT2D eigenvalue weighted by Crippen LogP contribution is 2.37. The molecule has 0 spiro atoms. The number of aryl methyl sites for hydroxylation is 1. The Balaban J connectivity index is 2.17. The number of aromatic hydroxyl groups is 1. The highest BCUT2D eigenvalue weighted by Gasteiger charge is 2.48. The first-order valence-corrected chi connectivity index (χ1v) is 8.41. The molecule has 0 bridgehead atoms. The Morgan fingerprint density at radius 2 is 1.65 bits per heavy atom. The van der Waals surface area contributed by atoms with Gasteiger partial charge in [0.1, 0.15) is 11.5 Å². The van der Waals surface area contributed by atoms with E-state index in [-0.39, 0.29) is 27.8 Å². The number of rotatable bonds is 2. The average Bonchev–Trinajstić information content (AvgIpc) is 2.50. The summed E-state index contributed by atoms with van der Waals surface area (Å²) in [6.07, 6.45) is 0. The molecule has 0 saturated heterocycles. The van der Waals surface area contributed by atoms with Crippen LogP contribution in [0.4, 0.5) is 13.2 Å². The van der Waals surface area contributed by atoms with Gasteiger partial charge in [-0.2, -0.15) is 21.6 Å². The van der Waals surface area contributed by atoms with Crippen LogP contribution in [0.5, 0.6) is 11.5 Å². The van der Waals surface area contributed by atoms with Crippen molar-refractivity contribution in [1.29, 1.82) is 0 Å². The summed E-state index contributed by atoms with van der Waals surface area (Å²) in [6.45, 7) is 1.31. The zero-order valence-electron chi connectivity index (χ0n) is 12.9. The average molecular weight is 386 g/mol. The Labute approximate surface area is 145 Å². The number of alkyl halides is 3. The molecule has 0 fully saturated rings. The van der Waals surface area contributed by atoms with E-state index in [2.05, 4.69) is 4.18 Å². The lowest BCUT2D eigenvalue weighted by Crippen LogP contribution is -2.28. The van der Waals surface area contributed by atoms with Crippen LogP contribution in [-0.2, 0) is 10.1 Å². The van der Waals surface area contributed by atoms with Gasteiger partial charge in [-0.05, 0) is 30.7 Å². The van der Waals surface area contributed by atoms with Crippen LogP contribution in [0, 0.1) is 6.92 Å². The number of ketones is 2. The van der Waals surface area contributed by atoms with Gasteiger partial charge in [-0.1, -0.05) is 12.1 Å². The number of hydrogen-bond acceptors (Lipinski definition) is 6. The zero-order chi connectivity index (χ0) is 19.4. The predicted molar refractivity (Wildman–Crippen MR) is 81.8 cm³/mol. The molecule has 1 aliphatic carbocycles. The van der Waals surface area contributed by atoms with Crippen molar-refractivity contribution in [1.82, 2.24) is 0 Å². The van der Waals surface area contributed by atoms with Crippen molar-refractivity contribution in [2.45, 2.75) is 12.4 Å². The van der Waals surface area contributed by atoms with Crippen molar-refractivity contribution in [3.8, 4) is 11.5 Å². The van der Waals surface area contributed by atoms with E-state index in [9.17, 15) is 36.3 Å². The van der Waals surface area contributed by atoms with E-state index >= 15 is 0 Å². The van der Waals surface area contributed by atoms with Gasteiger partial charge in [0.2, 0.25) is 0 Å².